The number of anilines is 1. The molecule has 3 heterocycles. The molecule has 0 bridgehead atoms. The van der Waals surface area contributed by atoms with Crippen LogP contribution in [0.2, 0.25) is 0 Å². The second-order valence-corrected chi connectivity index (χ2v) is 8.50. The van der Waals surface area contributed by atoms with Crippen LogP contribution in [0.5, 0.6) is 0 Å². The predicted molar refractivity (Wildman–Crippen MR) is 134 cm³/mol. The van der Waals surface area contributed by atoms with Crippen LogP contribution in [-0.4, -0.2) is 20.3 Å². The zero-order valence-corrected chi connectivity index (χ0v) is 18.8. The normalized spacial score (nSPS) is 11.7. The fourth-order valence-corrected chi connectivity index (χ4v) is 4.82. The fraction of sp³-hybridized carbons (Fsp3) is 0.148. The molecule has 0 aliphatic heterocycles. The standard InChI is InChI=1S/C27H22N4O3/c1-3-30-22-7-5-4-6-18(22)19-13-17(9-10-23(19)30)29-25(32)15-31-26-20-12-16(2)8-11-24(20)34-27(33)21(26)14-28-31/h4-14H,3,15H2,1-2H3,(H,29,32). The van der Waals surface area contributed by atoms with Gasteiger partial charge in [-0.1, -0.05) is 29.8 Å². The molecule has 0 aliphatic rings. The van der Waals surface area contributed by atoms with Gasteiger partial charge in [0.25, 0.3) is 0 Å². The van der Waals surface area contributed by atoms with Crippen molar-refractivity contribution in [2.75, 3.05) is 5.32 Å². The van der Waals surface area contributed by atoms with Crippen molar-refractivity contribution >= 4 is 55.3 Å². The molecule has 6 aromatic rings. The zero-order chi connectivity index (χ0) is 23.4. The van der Waals surface area contributed by atoms with E-state index in [2.05, 4.69) is 34.0 Å². The monoisotopic (exact) mass is 450 g/mol. The number of aromatic nitrogens is 3. The van der Waals surface area contributed by atoms with Gasteiger partial charge in [-0.25, -0.2) is 4.79 Å². The first-order valence-electron chi connectivity index (χ1n) is 11.2. The van der Waals surface area contributed by atoms with Gasteiger partial charge in [0.15, 0.2) is 0 Å². The van der Waals surface area contributed by atoms with Gasteiger partial charge in [-0.05, 0) is 50.2 Å². The van der Waals surface area contributed by atoms with E-state index in [-0.39, 0.29) is 12.5 Å². The first kappa shape index (κ1) is 20.2. The van der Waals surface area contributed by atoms with Crippen molar-refractivity contribution in [2.24, 2.45) is 0 Å². The van der Waals surface area contributed by atoms with Crippen LogP contribution in [0.1, 0.15) is 12.5 Å². The number of para-hydroxylation sites is 1. The summed E-state index contributed by atoms with van der Waals surface area (Å²) in [7, 11) is 0. The molecule has 0 radical (unpaired) electrons. The van der Waals surface area contributed by atoms with Crippen LogP contribution in [0.3, 0.4) is 0 Å². The van der Waals surface area contributed by atoms with Crippen molar-refractivity contribution in [3.8, 4) is 0 Å². The van der Waals surface area contributed by atoms with E-state index in [1.807, 2.05) is 49.4 Å². The Morgan fingerprint density at radius 3 is 2.65 bits per heavy atom. The van der Waals surface area contributed by atoms with E-state index in [1.54, 1.807) is 10.7 Å². The Labute approximate surface area is 194 Å². The first-order chi connectivity index (χ1) is 16.5. The number of aryl methyl sites for hydroxylation is 2. The molecule has 3 aromatic heterocycles. The smallest absolute Gasteiger partial charge is 0.347 e. The average Bonchev–Trinajstić information content (AvgIpc) is 3.39. The van der Waals surface area contributed by atoms with Crippen LogP contribution >= 0.6 is 0 Å². The van der Waals surface area contributed by atoms with Gasteiger partial charge in [-0.2, -0.15) is 5.10 Å². The molecule has 168 valence electrons. The van der Waals surface area contributed by atoms with E-state index >= 15 is 0 Å². The number of hydrogen-bond acceptors (Lipinski definition) is 4. The van der Waals surface area contributed by atoms with E-state index in [0.29, 0.717) is 22.2 Å². The van der Waals surface area contributed by atoms with Gasteiger partial charge in [0, 0.05) is 39.4 Å². The molecule has 6 rings (SSSR count). The number of rotatable bonds is 4. The molecule has 0 saturated carbocycles. The molecule has 7 nitrogen and oxygen atoms in total. The van der Waals surface area contributed by atoms with E-state index in [4.69, 9.17) is 4.42 Å². The second kappa shape index (κ2) is 7.59. The Hall–Kier alpha value is -4.39. The molecule has 1 N–H and O–H groups in total. The highest BCUT2D eigenvalue weighted by Gasteiger charge is 2.16. The Balaban J connectivity index is 1.37. The van der Waals surface area contributed by atoms with Crippen LogP contribution in [0, 0.1) is 6.92 Å². The Morgan fingerprint density at radius 1 is 0.971 bits per heavy atom. The molecular weight excluding hydrogens is 428 g/mol. The van der Waals surface area contributed by atoms with Gasteiger partial charge < -0.3 is 14.3 Å². The summed E-state index contributed by atoms with van der Waals surface area (Å²) < 4.78 is 9.25. The van der Waals surface area contributed by atoms with E-state index < -0.39 is 5.63 Å². The number of benzene rings is 3. The third kappa shape index (κ3) is 3.08. The third-order valence-corrected chi connectivity index (χ3v) is 6.32. The van der Waals surface area contributed by atoms with Gasteiger partial charge >= 0.3 is 5.63 Å². The Bertz CT molecular complexity index is 1810. The molecule has 1 amide bonds. The molecule has 0 fully saturated rings. The number of nitrogens with zero attached hydrogens (tertiary/aromatic N) is 3. The molecule has 0 spiro atoms. The summed E-state index contributed by atoms with van der Waals surface area (Å²) in [6.45, 7) is 4.94. The van der Waals surface area contributed by atoms with Crippen molar-refractivity contribution in [3.05, 3.63) is 82.8 Å². The van der Waals surface area contributed by atoms with Crippen LogP contribution in [0.15, 0.2) is 76.1 Å². The summed E-state index contributed by atoms with van der Waals surface area (Å²) in [5, 5.41) is 10.7. The van der Waals surface area contributed by atoms with Crippen LogP contribution in [0.4, 0.5) is 5.69 Å². The Morgan fingerprint density at radius 2 is 1.79 bits per heavy atom. The van der Waals surface area contributed by atoms with Gasteiger partial charge in [0.05, 0.1) is 11.7 Å². The number of amides is 1. The zero-order valence-electron chi connectivity index (χ0n) is 18.8. The first-order valence-corrected chi connectivity index (χ1v) is 11.2. The van der Waals surface area contributed by atoms with Gasteiger partial charge in [-0.3, -0.25) is 9.48 Å². The summed E-state index contributed by atoms with van der Waals surface area (Å²) >= 11 is 0. The van der Waals surface area contributed by atoms with Crippen molar-refractivity contribution in [2.45, 2.75) is 26.9 Å². The lowest BCUT2D eigenvalue weighted by Gasteiger charge is -2.09. The minimum absolute atomic E-state index is 0.0231. The number of carbonyl (C=O) groups excluding carboxylic acids is 1. The van der Waals surface area contributed by atoms with Crippen molar-refractivity contribution in [1.82, 2.24) is 14.3 Å². The largest absolute Gasteiger partial charge is 0.422 e. The van der Waals surface area contributed by atoms with Crippen molar-refractivity contribution in [1.29, 1.82) is 0 Å². The van der Waals surface area contributed by atoms with Crippen LogP contribution in [-0.2, 0) is 17.9 Å². The van der Waals surface area contributed by atoms with Crippen molar-refractivity contribution < 1.29 is 9.21 Å². The maximum Gasteiger partial charge on any atom is 0.347 e. The van der Waals surface area contributed by atoms with Crippen LogP contribution < -0.4 is 10.9 Å². The molecule has 0 atom stereocenters. The molecule has 7 heteroatoms. The number of fused-ring (bicyclic) bond motifs is 6. The number of nitrogens with one attached hydrogen (secondary N) is 1. The SMILES string of the molecule is CCn1c2ccccc2c2cc(NC(=O)Cn3ncc4c(=O)oc5ccc(C)cc5c43)ccc21. The Kier molecular flexibility index (Phi) is 4.52. The van der Waals surface area contributed by atoms with Gasteiger partial charge in [0.1, 0.15) is 17.5 Å². The second-order valence-electron chi connectivity index (χ2n) is 8.50. The highest BCUT2D eigenvalue weighted by Crippen LogP contribution is 2.31. The maximum atomic E-state index is 13.0. The highest BCUT2D eigenvalue weighted by molar-refractivity contribution is 6.10. The highest BCUT2D eigenvalue weighted by atomic mass is 16.4. The van der Waals surface area contributed by atoms with E-state index in [1.165, 1.54) is 11.7 Å². The molecule has 34 heavy (non-hydrogen) atoms. The quantitative estimate of drug-likeness (QED) is 0.374. The van der Waals surface area contributed by atoms with Gasteiger partial charge in [0.2, 0.25) is 5.91 Å². The minimum Gasteiger partial charge on any atom is -0.422 e. The lowest BCUT2D eigenvalue weighted by atomic mass is 10.1. The summed E-state index contributed by atoms with van der Waals surface area (Å²) in [6.07, 6.45) is 1.46. The lowest BCUT2D eigenvalue weighted by molar-refractivity contribution is -0.116. The topological polar surface area (TPSA) is 82.1 Å². The van der Waals surface area contributed by atoms with E-state index in [9.17, 15) is 9.59 Å². The summed E-state index contributed by atoms with van der Waals surface area (Å²) in [5.74, 6) is -0.224. The molecule has 0 unspecified atom stereocenters. The summed E-state index contributed by atoms with van der Waals surface area (Å²) in [6, 6.07) is 19.8. The fourth-order valence-electron chi connectivity index (χ4n) is 4.82. The molecule has 0 saturated heterocycles. The number of carbonyl (C=O) groups is 1. The number of hydrogen-bond donors (Lipinski definition) is 1. The minimum atomic E-state index is -0.462. The third-order valence-electron chi connectivity index (χ3n) is 6.32. The predicted octanol–water partition coefficient (Wildman–Crippen LogP) is 5.22. The average molecular weight is 450 g/mol. The summed E-state index contributed by atoms with van der Waals surface area (Å²) in [5.41, 5.74) is 4.67. The molecule has 3 aromatic carbocycles. The lowest BCUT2D eigenvalue weighted by Crippen LogP contribution is -2.19. The van der Waals surface area contributed by atoms with E-state index in [0.717, 1.165) is 33.8 Å². The van der Waals surface area contributed by atoms with Crippen LogP contribution in [0.25, 0.3) is 43.7 Å². The molecular formula is C27H22N4O3. The van der Waals surface area contributed by atoms with Gasteiger partial charge in [-0.15, -0.1) is 0 Å². The maximum absolute atomic E-state index is 13.0. The molecule has 0 aliphatic carbocycles. The van der Waals surface area contributed by atoms with Crippen molar-refractivity contribution in [3.63, 3.8) is 0 Å². The summed E-state index contributed by atoms with van der Waals surface area (Å²) in [4.78, 5) is 25.4.